The molecular formula is C21H17ClFN3O2. The van der Waals surface area contributed by atoms with Crippen molar-refractivity contribution < 1.29 is 14.0 Å². The topological polar surface area (TPSA) is 70.2 Å². The number of rotatable bonds is 6. The first-order valence-electron chi connectivity index (χ1n) is 8.47. The molecule has 3 aromatic rings. The van der Waals surface area contributed by atoms with Gasteiger partial charge in [0.2, 0.25) is 5.91 Å². The predicted molar refractivity (Wildman–Crippen MR) is 109 cm³/mol. The highest BCUT2D eigenvalue weighted by Crippen LogP contribution is 2.20. The van der Waals surface area contributed by atoms with E-state index >= 15 is 0 Å². The van der Waals surface area contributed by atoms with E-state index in [1.54, 1.807) is 36.4 Å². The number of hydrogen-bond acceptors (Lipinski definition) is 3. The van der Waals surface area contributed by atoms with Crippen molar-refractivity contribution in [2.45, 2.75) is 0 Å². The van der Waals surface area contributed by atoms with Gasteiger partial charge in [0, 0.05) is 16.4 Å². The molecule has 0 heterocycles. The van der Waals surface area contributed by atoms with Crippen LogP contribution in [0.3, 0.4) is 0 Å². The van der Waals surface area contributed by atoms with Crippen molar-refractivity contribution in [3.63, 3.8) is 0 Å². The van der Waals surface area contributed by atoms with Gasteiger partial charge in [0.05, 0.1) is 17.8 Å². The Morgan fingerprint density at radius 3 is 2.32 bits per heavy atom. The van der Waals surface area contributed by atoms with Crippen molar-refractivity contribution in [3.8, 4) is 0 Å². The molecule has 142 valence electrons. The Morgan fingerprint density at radius 2 is 1.57 bits per heavy atom. The van der Waals surface area contributed by atoms with Crippen LogP contribution >= 0.6 is 11.6 Å². The number of amides is 2. The van der Waals surface area contributed by atoms with Crippen molar-refractivity contribution in [2.75, 3.05) is 22.5 Å². The molecule has 28 heavy (non-hydrogen) atoms. The SMILES string of the molecule is O=C(CNc1ccccc1C(=O)Nc1ccccc1)Nc1ccc(Cl)cc1F. The quantitative estimate of drug-likeness (QED) is 0.560. The van der Waals surface area contributed by atoms with Gasteiger partial charge in [-0.25, -0.2) is 4.39 Å². The Balaban J connectivity index is 1.64. The Bertz CT molecular complexity index is 996. The van der Waals surface area contributed by atoms with E-state index in [0.717, 1.165) is 6.07 Å². The van der Waals surface area contributed by atoms with Gasteiger partial charge in [0.15, 0.2) is 0 Å². The lowest BCUT2D eigenvalue weighted by Crippen LogP contribution is -2.23. The third-order valence-corrected chi connectivity index (χ3v) is 4.08. The van der Waals surface area contributed by atoms with Crippen molar-refractivity contribution in [3.05, 3.63) is 89.2 Å². The fourth-order valence-corrected chi connectivity index (χ4v) is 2.67. The summed E-state index contributed by atoms with van der Waals surface area (Å²) in [5.41, 5.74) is 1.57. The van der Waals surface area contributed by atoms with Gasteiger partial charge >= 0.3 is 0 Å². The number of benzene rings is 3. The summed E-state index contributed by atoms with van der Waals surface area (Å²) < 4.78 is 13.8. The largest absolute Gasteiger partial charge is 0.376 e. The average molecular weight is 398 g/mol. The number of carbonyl (C=O) groups is 2. The molecule has 0 spiro atoms. The van der Waals surface area contributed by atoms with E-state index in [2.05, 4.69) is 16.0 Å². The van der Waals surface area contributed by atoms with Crippen LogP contribution in [0.2, 0.25) is 5.02 Å². The van der Waals surface area contributed by atoms with Crippen LogP contribution in [0, 0.1) is 5.82 Å². The Kier molecular flexibility index (Phi) is 6.24. The van der Waals surface area contributed by atoms with E-state index < -0.39 is 11.7 Å². The lowest BCUT2D eigenvalue weighted by atomic mass is 10.1. The summed E-state index contributed by atoms with van der Waals surface area (Å²) in [6, 6.07) is 19.9. The Hall–Kier alpha value is -3.38. The molecular weight excluding hydrogens is 381 g/mol. The number of carbonyl (C=O) groups excluding carboxylic acids is 2. The molecule has 3 rings (SSSR count). The highest BCUT2D eigenvalue weighted by atomic mass is 35.5. The van der Waals surface area contributed by atoms with E-state index in [-0.39, 0.29) is 23.2 Å². The average Bonchev–Trinajstić information content (AvgIpc) is 2.69. The molecule has 0 aromatic heterocycles. The first kappa shape index (κ1) is 19.4. The smallest absolute Gasteiger partial charge is 0.257 e. The zero-order valence-electron chi connectivity index (χ0n) is 14.7. The van der Waals surface area contributed by atoms with Crippen LogP contribution in [0.1, 0.15) is 10.4 Å². The number of halogens is 2. The fraction of sp³-hybridized carbons (Fsp3) is 0.0476. The lowest BCUT2D eigenvalue weighted by molar-refractivity contribution is -0.114. The van der Waals surface area contributed by atoms with Crippen LogP contribution in [-0.2, 0) is 4.79 Å². The summed E-state index contributed by atoms with van der Waals surface area (Å²) in [7, 11) is 0. The standard InChI is InChI=1S/C21H17ClFN3O2/c22-14-10-11-19(17(23)12-14)26-20(27)13-24-18-9-5-4-8-16(18)21(28)25-15-6-2-1-3-7-15/h1-12,24H,13H2,(H,25,28)(H,26,27). The van der Waals surface area contributed by atoms with Crippen LogP contribution in [0.25, 0.3) is 0 Å². The van der Waals surface area contributed by atoms with Crippen LogP contribution in [0.5, 0.6) is 0 Å². The number of anilines is 3. The van der Waals surface area contributed by atoms with Gasteiger partial charge in [-0.05, 0) is 42.5 Å². The van der Waals surface area contributed by atoms with Crippen LogP contribution in [-0.4, -0.2) is 18.4 Å². The molecule has 7 heteroatoms. The Morgan fingerprint density at radius 1 is 0.857 bits per heavy atom. The minimum absolute atomic E-state index is 0.0336. The van der Waals surface area contributed by atoms with Gasteiger partial charge in [0.25, 0.3) is 5.91 Å². The van der Waals surface area contributed by atoms with Gasteiger partial charge in [-0.1, -0.05) is 41.9 Å². The number of nitrogens with one attached hydrogen (secondary N) is 3. The molecule has 3 N–H and O–H groups in total. The predicted octanol–water partition coefficient (Wildman–Crippen LogP) is 4.78. The minimum atomic E-state index is -0.622. The minimum Gasteiger partial charge on any atom is -0.376 e. The molecule has 0 saturated carbocycles. The molecule has 0 aliphatic carbocycles. The maximum absolute atomic E-state index is 13.8. The summed E-state index contributed by atoms with van der Waals surface area (Å²) in [5, 5.41) is 8.41. The second-order valence-corrected chi connectivity index (χ2v) is 6.33. The molecule has 2 amide bonds. The summed E-state index contributed by atoms with van der Waals surface area (Å²) >= 11 is 5.70. The second kappa shape index (κ2) is 9.01. The van der Waals surface area contributed by atoms with Crippen molar-refractivity contribution in [1.29, 1.82) is 0 Å². The van der Waals surface area contributed by atoms with E-state index in [1.807, 2.05) is 18.2 Å². The monoisotopic (exact) mass is 397 g/mol. The summed E-state index contributed by atoms with van der Waals surface area (Å²) in [4.78, 5) is 24.7. The van der Waals surface area contributed by atoms with Crippen LogP contribution in [0.4, 0.5) is 21.5 Å². The zero-order valence-corrected chi connectivity index (χ0v) is 15.5. The van der Waals surface area contributed by atoms with Crippen molar-refractivity contribution >= 4 is 40.5 Å². The second-order valence-electron chi connectivity index (χ2n) is 5.89. The molecule has 0 atom stereocenters. The maximum atomic E-state index is 13.8. The van der Waals surface area contributed by atoms with Gasteiger partial charge in [-0.2, -0.15) is 0 Å². The molecule has 0 radical (unpaired) electrons. The number of para-hydroxylation sites is 2. The van der Waals surface area contributed by atoms with Gasteiger partial charge in [-0.15, -0.1) is 0 Å². The fourth-order valence-electron chi connectivity index (χ4n) is 2.52. The lowest BCUT2D eigenvalue weighted by Gasteiger charge is -2.13. The van der Waals surface area contributed by atoms with E-state index in [4.69, 9.17) is 11.6 Å². The molecule has 0 aliphatic rings. The normalized spacial score (nSPS) is 10.2. The third kappa shape index (κ3) is 5.08. The van der Waals surface area contributed by atoms with E-state index in [9.17, 15) is 14.0 Å². The molecule has 0 unspecified atom stereocenters. The molecule has 0 aliphatic heterocycles. The van der Waals surface area contributed by atoms with Crippen LogP contribution < -0.4 is 16.0 Å². The summed E-state index contributed by atoms with van der Waals surface area (Å²) in [5.74, 6) is -1.39. The van der Waals surface area contributed by atoms with E-state index in [1.165, 1.54) is 12.1 Å². The van der Waals surface area contributed by atoms with Crippen LogP contribution in [0.15, 0.2) is 72.8 Å². The van der Waals surface area contributed by atoms with Gasteiger partial charge in [-0.3, -0.25) is 9.59 Å². The summed E-state index contributed by atoms with van der Waals surface area (Å²) in [6.45, 7) is -0.141. The zero-order chi connectivity index (χ0) is 19.9. The molecule has 5 nitrogen and oxygen atoms in total. The summed E-state index contributed by atoms with van der Waals surface area (Å²) in [6.07, 6.45) is 0. The maximum Gasteiger partial charge on any atom is 0.257 e. The van der Waals surface area contributed by atoms with Gasteiger partial charge < -0.3 is 16.0 Å². The highest BCUT2D eigenvalue weighted by molar-refractivity contribution is 6.30. The molecule has 0 fully saturated rings. The van der Waals surface area contributed by atoms with Crippen molar-refractivity contribution in [1.82, 2.24) is 0 Å². The number of hydrogen-bond donors (Lipinski definition) is 3. The molecule has 0 saturated heterocycles. The first-order valence-corrected chi connectivity index (χ1v) is 8.85. The molecule has 0 bridgehead atoms. The first-order chi connectivity index (χ1) is 13.5. The Labute approximate surface area is 166 Å². The molecule has 3 aromatic carbocycles. The highest BCUT2D eigenvalue weighted by Gasteiger charge is 2.13. The van der Waals surface area contributed by atoms with Gasteiger partial charge in [0.1, 0.15) is 5.82 Å². The van der Waals surface area contributed by atoms with E-state index in [0.29, 0.717) is 16.9 Å². The van der Waals surface area contributed by atoms with Crippen molar-refractivity contribution in [2.24, 2.45) is 0 Å². The third-order valence-electron chi connectivity index (χ3n) is 3.85.